The molecule has 4 unspecified atom stereocenters. The average molecular weight is 453 g/mol. The van der Waals surface area contributed by atoms with Crippen molar-refractivity contribution in [3.63, 3.8) is 0 Å². The first-order valence-electron chi connectivity index (χ1n) is 12.1. The van der Waals surface area contributed by atoms with Gasteiger partial charge >= 0.3 is 0 Å². The molecule has 4 fully saturated rings. The van der Waals surface area contributed by atoms with Crippen molar-refractivity contribution >= 4 is 0 Å². The van der Waals surface area contributed by atoms with E-state index in [0.29, 0.717) is 18.8 Å². The topological polar surface area (TPSA) is 65.3 Å². The summed E-state index contributed by atoms with van der Waals surface area (Å²) in [5, 5.41) is 0. The maximum absolute atomic E-state index is 6.10. The third-order valence-corrected chi connectivity index (χ3v) is 7.01. The van der Waals surface area contributed by atoms with Crippen LogP contribution in [-0.2, 0) is 37.2 Å². The molecular formula is C27H32O6. The molecule has 33 heavy (non-hydrogen) atoms. The fourth-order valence-electron chi connectivity index (χ4n) is 4.34. The minimum absolute atomic E-state index is 0.122. The van der Waals surface area contributed by atoms with E-state index in [1.54, 1.807) is 0 Å². The fraction of sp³-hybridized carbons (Fsp3) is 0.556. The first-order chi connectivity index (χ1) is 16.0. The highest BCUT2D eigenvalue weighted by molar-refractivity contribution is 5.48. The number of epoxide rings is 3. The standard InChI is InChI=1S/C27H32O6/c1-27(2,19-3-5-24(32-16-23-15-31-23)17(9-19)11-21-13-29-21)20-4-6-25(33-26-7-8-28-26)18(10-20)12-22-14-30-22/h3-6,9-10,21-23,26H,7-8,11-16H2,1-2H3. The van der Waals surface area contributed by atoms with E-state index in [1.807, 2.05) is 0 Å². The van der Waals surface area contributed by atoms with Crippen molar-refractivity contribution in [2.75, 3.05) is 33.0 Å². The molecule has 0 aliphatic carbocycles. The molecule has 0 N–H and O–H groups in total. The highest BCUT2D eigenvalue weighted by atomic mass is 16.7. The third kappa shape index (κ3) is 5.04. The van der Waals surface area contributed by atoms with Crippen LogP contribution in [0.25, 0.3) is 0 Å². The largest absolute Gasteiger partial charge is 0.491 e. The van der Waals surface area contributed by atoms with Crippen molar-refractivity contribution in [2.45, 2.75) is 63.1 Å². The molecule has 2 aromatic carbocycles. The fourth-order valence-corrected chi connectivity index (χ4v) is 4.34. The molecular weight excluding hydrogens is 420 g/mol. The van der Waals surface area contributed by atoms with Crippen LogP contribution in [0.5, 0.6) is 11.5 Å². The number of hydrogen-bond acceptors (Lipinski definition) is 6. The quantitative estimate of drug-likeness (QED) is 0.483. The van der Waals surface area contributed by atoms with Gasteiger partial charge in [-0.1, -0.05) is 38.1 Å². The molecule has 4 heterocycles. The van der Waals surface area contributed by atoms with Gasteiger partial charge in [-0.2, -0.15) is 0 Å². The summed E-state index contributed by atoms with van der Waals surface area (Å²) in [4.78, 5) is 0. The number of benzene rings is 2. The Labute approximate surface area is 195 Å². The highest BCUT2D eigenvalue weighted by Crippen LogP contribution is 2.38. The molecule has 6 nitrogen and oxygen atoms in total. The summed E-state index contributed by atoms with van der Waals surface area (Å²) >= 11 is 0. The Morgan fingerprint density at radius 1 is 0.788 bits per heavy atom. The molecule has 4 saturated heterocycles. The van der Waals surface area contributed by atoms with Crippen molar-refractivity contribution in [1.29, 1.82) is 0 Å². The summed E-state index contributed by atoms with van der Waals surface area (Å²) in [5.74, 6) is 1.85. The van der Waals surface area contributed by atoms with Gasteiger partial charge in [0.25, 0.3) is 0 Å². The van der Waals surface area contributed by atoms with E-state index in [0.717, 1.165) is 57.2 Å². The minimum Gasteiger partial charge on any atom is -0.491 e. The van der Waals surface area contributed by atoms with E-state index in [4.69, 9.17) is 28.4 Å². The molecule has 176 valence electrons. The van der Waals surface area contributed by atoms with Crippen LogP contribution < -0.4 is 9.47 Å². The van der Waals surface area contributed by atoms with Crippen LogP contribution in [0.1, 0.15) is 42.5 Å². The lowest BCUT2D eigenvalue weighted by Gasteiger charge is -2.30. The van der Waals surface area contributed by atoms with Gasteiger partial charge in [-0.05, 0) is 34.4 Å². The van der Waals surface area contributed by atoms with Gasteiger partial charge in [0.05, 0.1) is 38.6 Å². The van der Waals surface area contributed by atoms with Crippen LogP contribution in [0.4, 0.5) is 0 Å². The number of rotatable bonds is 11. The maximum atomic E-state index is 6.10. The summed E-state index contributed by atoms with van der Waals surface area (Å²) < 4.78 is 34.0. The first kappa shape index (κ1) is 21.4. The van der Waals surface area contributed by atoms with Gasteiger partial charge in [0, 0.05) is 24.7 Å². The lowest BCUT2D eigenvalue weighted by Crippen LogP contribution is -2.32. The first-order valence-corrected chi connectivity index (χ1v) is 12.1. The summed E-state index contributed by atoms with van der Waals surface area (Å²) in [6.07, 6.45) is 3.41. The Hall–Kier alpha value is -2.12. The summed E-state index contributed by atoms with van der Waals surface area (Å²) in [5.41, 5.74) is 4.74. The molecule has 2 aromatic rings. The van der Waals surface area contributed by atoms with Crippen molar-refractivity contribution in [2.24, 2.45) is 0 Å². The van der Waals surface area contributed by atoms with Crippen LogP contribution in [0.3, 0.4) is 0 Å². The summed E-state index contributed by atoms with van der Waals surface area (Å²) in [7, 11) is 0. The van der Waals surface area contributed by atoms with E-state index in [1.165, 1.54) is 22.3 Å². The lowest BCUT2D eigenvalue weighted by atomic mass is 9.76. The second-order valence-electron chi connectivity index (χ2n) is 10.1. The van der Waals surface area contributed by atoms with Gasteiger partial charge in [0.2, 0.25) is 6.29 Å². The molecule has 6 heteroatoms. The molecule has 0 bridgehead atoms. The van der Waals surface area contributed by atoms with Gasteiger partial charge in [-0.3, -0.25) is 0 Å². The van der Waals surface area contributed by atoms with Gasteiger partial charge in [0.15, 0.2) is 0 Å². The Bertz CT molecular complexity index is 1000. The van der Waals surface area contributed by atoms with Crippen molar-refractivity contribution in [3.05, 3.63) is 58.7 Å². The molecule has 6 rings (SSSR count). The van der Waals surface area contributed by atoms with Crippen LogP contribution >= 0.6 is 0 Å². The van der Waals surface area contributed by atoms with E-state index >= 15 is 0 Å². The van der Waals surface area contributed by atoms with Gasteiger partial charge < -0.3 is 28.4 Å². The van der Waals surface area contributed by atoms with Gasteiger partial charge in [0.1, 0.15) is 24.2 Å². The molecule has 4 aliphatic rings. The SMILES string of the molecule is CC(C)(c1ccc(OCC2CO2)c(CC2CO2)c1)c1ccc(OC2CCO2)c(CC2CO2)c1. The Morgan fingerprint density at radius 2 is 1.33 bits per heavy atom. The zero-order valence-corrected chi connectivity index (χ0v) is 19.4. The average Bonchev–Trinajstić information content (AvgIpc) is 3.61. The molecule has 0 amide bonds. The third-order valence-electron chi connectivity index (χ3n) is 7.01. The molecule has 0 aromatic heterocycles. The maximum Gasteiger partial charge on any atom is 0.202 e. The molecule has 4 atom stereocenters. The Balaban J connectivity index is 1.27. The predicted octanol–water partition coefficient (Wildman–Crippen LogP) is 3.80. The van der Waals surface area contributed by atoms with Crippen molar-refractivity contribution in [1.82, 2.24) is 0 Å². The van der Waals surface area contributed by atoms with E-state index < -0.39 is 0 Å². The van der Waals surface area contributed by atoms with Crippen LogP contribution in [0.2, 0.25) is 0 Å². The normalized spacial score (nSPS) is 27.6. The highest BCUT2D eigenvalue weighted by Gasteiger charge is 2.31. The van der Waals surface area contributed by atoms with Gasteiger partial charge in [-0.25, -0.2) is 0 Å². The second kappa shape index (κ2) is 8.58. The number of hydrogen-bond donors (Lipinski definition) is 0. The van der Waals surface area contributed by atoms with E-state index in [-0.39, 0.29) is 17.8 Å². The van der Waals surface area contributed by atoms with E-state index in [9.17, 15) is 0 Å². The number of ether oxygens (including phenoxy) is 6. The molecule has 0 spiro atoms. The smallest absolute Gasteiger partial charge is 0.202 e. The zero-order valence-electron chi connectivity index (χ0n) is 19.4. The zero-order chi connectivity index (χ0) is 22.4. The summed E-state index contributed by atoms with van der Waals surface area (Å²) in [6.45, 7) is 8.40. The van der Waals surface area contributed by atoms with Gasteiger partial charge in [-0.15, -0.1) is 0 Å². The Kier molecular flexibility index (Phi) is 5.57. The molecule has 0 radical (unpaired) electrons. The molecule has 0 saturated carbocycles. The van der Waals surface area contributed by atoms with Crippen LogP contribution in [-0.4, -0.2) is 57.6 Å². The predicted molar refractivity (Wildman–Crippen MR) is 122 cm³/mol. The summed E-state index contributed by atoms with van der Waals surface area (Å²) in [6, 6.07) is 13.2. The Morgan fingerprint density at radius 3 is 1.85 bits per heavy atom. The molecule has 4 aliphatic heterocycles. The van der Waals surface area contributed by atoms with Crippen molar-refractivity contribution < 1.29 is 28.4 Å². The second-order valence-corrected chi connectivity index (χ2v) is 10.1. The monoisotopic (exact) mass is 452 g/mol. The lowest BCUT2D eigenvalue weighted by molar-refractivity contribution is -0.165. The minimum atomic E-state index is -0.179. The van der Waals surface area contributed by atoms with Crippen LogP contribution in [0, 0.1) is 0 Å². The van der Waals surface area contributed by atoms with E-state index in [2.05, 4.69) is 50.2 Å². The van der Waals surface area contributed by atoms with Crippen molar-refractivity contribution in [3.8, 4) is 11.5 Å². The van der Waals surface area contributed by atoms with Crippen LogP contribution in [0.15, 0.2) is 36.4 Å².